The molecule has 1 aromatic heterocycles. The zero-order valence-electron chi connectivity index (χ0n) is 8.75. The van der Waals surface area contributed by atoms with Gasteiger partial charge >= 0.3 is 0 Å². The van der Waals surface area contributed by atoms with Crippen molar-refractivity contribution in [2.24, 2.45) is 0 Å². The normalized spacial score (nSPS) is 24.3. The Labute approximate surface area is 92.2 Å². The number of nitrogens with zero attached hydrogens (tertiary/aromatic N) is 2. The zero-order valence-corrected chi connectivity index (χ0v) is 8.75. The van der Waals surface area contributed by atoms with E-state index < -0.39 is 0 Å². The van der Waals surface area contributed by atoms with Crippen LogP contribution in [0.2, 0.25) is 0 Å². The van der Waals surface area contributed by atoms with E-state index >= 15 is 0 Å². The topological polar surface area (TPSA) is 70.3 Å². The number of ether oxygens (including phenoxy) is 2. The molecule has 0 aliphatic carbocycles. The van der Waals surface area contributed by atoms with Crippen molar-refractivity contribution in [2.75, 3.05) is 5.73 Å². The van der Waals surface area contributed by atoms with E-state index in [-0.39, 0.29) is 12.6 Å². The average Bonchev–Trinajstić information content (AvgIpc) is 2.24. The van der Waals surface area contributed by atoms with Crippen molar-refractivity contribution in [1.29, 1.82) is 0 Å². The van der Waals surface area contributed by atoms with Crippen LogP contribution in [-0.4, -0.2) is 16.3 Å². The molecule has 0 bridgehead atoms. The van der Waals surface area contributed by atoms with Crippen molar-refractivity contribution < 1.29 is 9.47 Å². The van der Waals surface area contributed by atoms with Gasteiger partial charge in [0.2, 0.25) is 0 Å². The number of nitrogens with two attached hydrogens (primary N) is 1. The Bertz CT molecular complexity index is 538. The Morgan fingerprint density at radius 1 is 1.25 bits per heavy atom. The van der Waals surface area contributed by atoms with E-state index in [0.717, 1.165) is 16.6 Å². The first-order valence-electron chi connectivity index (χ1n) is 5.05. The summed E-state index contributed by atoms with van der Waals surface area (Å²) >= 11 is 0. The predicted octanol–water partition coefficient (Wildman–Crippen LogP) is 1.60. The minimum absolute atomic E-state index is 0.127. The van der Waals surface area contributed by atoms with Gasteiger partial charge in [0.15, 0.2) is 12.6 Å². The van der Waals surface area contributed by atoms with Crippen LogP contribution in [0.5, 0.6) is 0 Å². The van der Waals surface area contributed by atoms with Crippen LogP contribution in [0.1, 0.15) is 18.8 Å². The lowest BCUT2D eigenvalue weighted by atomic mass is 10.1. The molecule has 16 heavy (non-hydrogen) atoms. The smallest absolute Gasteiger partial charge is 0.189 e. The number of anilines is 1. The molecule has 5 heteroatoms. The van der Waals surface area contributed by atoms with Crippen LogP contribution in [0.4, 0.5) is 5.82 Å². The molecular weight excluding hydrogens is 206 g/mol. The molecule has 0 amide bonds. The van der Waals surface area contributed by atoms with Crippen LogP contribution >= 0.6 is 0 Å². The summed E-state index contributed by atoms with van der Waals surface area (Å²) in [7, 11) is 0. The van der Waals surface area contributed by atoms with Crippen LogP contribution in [0.3, 0.4) is 0 Å². The van der Waals surface area contributed by atoms with Crippen molar-refractivity contribution in [2.45, 2.75) is 19.5 Å². The summed E-state index contributed by atoms with van der Waals surface area (Å²) in [5.41, 5.74) is 8.07. The van der Waals surface area contributed by atoms with Crippen LogP contribution in [0, 0.1) is 0 Å². The summed E-state index contributed by atoms with van der Waals surface area (Å²) in [5, 5.41) is 0. The maximum atomic E-state index is 5.55. The van der Waals surface area contributed by atoms with Gasteiger partial charge in [-0.25, -0.2) is 4.98 Å². The van der Waals surface area contributed by atoms with Crippen LogP contribution in [-0.2, 0) is 9.47 Å². The van der Waals surface area contributed by atoms with E-state index in [1.54, 1.807) is 0 Å². The van der Waals surface area contributed by atoms with Crippen molar-refractivity contribution >= 4 is 16.9 Å². The highest BCUT2D eigenvalue weighted by Crippen LogP contribution is 2.32. The second-order valence-electron chi connectivity index (χ2n) is 3.71. The van der Waals surface area contributed by atoms with E-state index in [1.165, 1.54) is 6.20 Å². The molecule has 2 N–H and O–H groups in total. The molecule has 0 radical (unpaired) electrons. The van der Waals surface area contributed by atoms with E-state index in [9.17, 15) is 0 Å². The highest BCUT2D eigenvalue weighted by molar-refractivity contribution is 5.76. The molecule has 3 rings (SSSR count). The Kier molecular flexibility index (Phi) is 2.02. The summed E-state index contributed by atoms with van der Waals surface area (Å²) in [5.74, 6) is 0.421. The molecule has 1 aliphatic rings. The first-order chi connectivity index (χ1) is 7.72. The zero-order chi connectivity index (χ0) is 11.1. The van der Waals surface area contributed by atoms with Gasteiger partial charge in [0.05, 0.1) is 17.2 Å². The monoisotopic (exact) mass is 217 g/mol. The first kappa shape index (κ1) is 9.50. The van der Waals surface area contributed by atoms with Crippen LogP contribution < -0.4 is 5.73 Å². The average molecular weight is 217 g/mol. The molecule has 1 fully saturated rings. The molecule has 1 aliphatic heterocycles. The van der Waals surface area contributed by atoms with Gasteiger partial charge in [0.25, 0.3) is 0 Å². The molecule has 1 aromatic carbocycles. The van der Waals surface area contributed by atoms with Gasteiger partial charge < -0.3 is 15.2 Å². The fourth-order valence-corrected chi connectivity index (χ4v) is 1.70. The largest absolute Gasteiger partial charge is 0.382 e. The molecule has 1 saturated heterocycles. The summed E-state index contributed by atoms with van der Waals surface area (Å²) < 4.78 is 10.8. The Hall–Kier alpha value is -1.72. The van der Waals surface area contributed by atoms with Crippen LogP contribution in [0.15, 0.2) is 24.4 Å². The van der Waals surface area contributed by atoms with Gasteiger partial charge in [-0.3, -0.25) is 4.98 Å². The SMILES string of the molecule is CC1OC(c2ccc3nc(N)cnc3c2)O1. The van der Waals surface area contributed by atoms with Crippen molar-refractivity contribution in [3.05, 3.63) is 30.0 Å². The summed E-state index contributed by atoms with van der Waals surface area (Å²) in [6.07, 6.45) is 1.13. The van der Waals surface area contributed by atoms with Crippen LogP contribution in [0.25, 0.3) is 11.0 Å². The Morgan fingerprint density at radius 2 is 2.06 bits per heavy atom. The Morgan fingerprint density at radius 3 is 2.81 bits per heavy atom. The number of rotatable bonds is 1. The maximum absolute atomic E-state index is 5.55. The number of aromatic nitrogens is 2. The number of fused-ring (bicyclic) bond motifs is 1. The van der Waals surface area contributed by atoms with Crippen molar-refractivity contribution in [3.63, 3.8) is 0 Å². The van der Waals surface area contributed by atoms with Crippen molar-refractivity contribution in [3.8, 4) is 0 Å². The van der Waals surface area contributed by atoms with E-state index in [4.69, 9.17) is 15.2 Å². The molecule has 0 spiro atoms. The molecule has 82 valence electrons. The first-order valence-corrected chi connectivity index (χ1v) is 5.05. The third-order valence-electron chi connectivity index (χ3n) is 2.49. The highest BCUT2D eigenvalue weighted by Gasteiger charge is 2.28. The molecular formula is C11H11N3O2. The van der Waals surface area contributed by atoms with Crippen molar-refractivity contribution in [1.82, 2.24) is 9.97 Å². The summed E-state index contributed by atoms with van der Waals surface area (Å²) in [6.45, 7) is 1.86. The molecule has 0 saturated carbocycles. The molecule has 0 unspecified atom stereocenters. The van der Waals surface area contributed by atoms with E-state index in [2.05, 4.69) is 9.97 Å². The standard InChI is InChI=1S/C11H11N3O2/c1-6-15-11(16-6)7-2-3-8-9(4-7)13-5-10(12)14-8/h2-6,11H,1H3,(H2,12,14). The Balaban J connectivity index is 2.00. The minimum Gasteiger partial charge on any atom is -0.382 e. The highest BCUT2D eigenvalue weighted by atomic mass is 16.9. The predicted molar refractivity (Wildman–Crippen MR) is 58.3 cm³/mol. The van der Waals surface area contributed by atoms with Gasteiger partial charge in [-0.2, -0.15) is 0 Å². The second-order valence-corrected chi connectivity index (χ2v) is 3.71. The lowest BCUT2D eigenvalue weighted by Crippen LogP contribution is -2.31. The number of hydrogen-bond acceptors (Lipinski definition) is 5. The fourth-order valence-electron chi connectivity index (χ4n) is 1.70. The third-order valence-corrected chi connectivity index (χ3v) is 2.49. The second kappa shape index (κ2) is 3.40. The van der Waals surface area contributed by atoms with Gasteiger partial charge in [0.1, 0.15) is 5.82 Å². The summed E-state index contributed by atoms with van der Waals surface area (Å²) in [6, 6.07) is 5.68. The van der Waals surface area contributed by atoms with E-state index in [1.807, 2.05) is 25.1 Å². The quantitative estimate of drug-likeness (QED) is 0.785. The maximum Gasteiger partial charge on any atom is 0.189 e. The fraction of sp³-hybridized carbons (Fsp3) is 0.273. The van der Waals surface area contributed by atoms with Gasteiger partial charge in [-0.15, -0.1) is 0 Å². The molecule has 2 aromatic rings. The summed E-state index contributed by atoms with van der Waals surface area (Å²) in [4.78, 5) is 8.37. The number of benzene rings is 1. The molecule has 5 nitrogen and oxygen atoms in total. The van der Waals surface area contributed by atoms with E-state index in [0.29, 0.717) is 5.82 Å². The van der Waals surface area contributed by atoms with Gasteiger partial charge in [-0.05, 0) is 19.1 Å². The molecule has 0 atom stereocenters. The lowest BCUT2D eigenvalue weighted by Gasteiger charge is -2.33. The molecule has 2 heterocycles. The number of hydrogen-bond donors (Lipinski definition) is 1. The van der Waals surface area contributed by atoms with Gasteiger partial charge in [0, 0.05) is 5.56 Å². The minimum atomic E-state index is -0.279. The third kappa shape index (κ3) is 1.50. The van der Waals surface area contributed by atoms with Gasteiger partial charge in [-0.1, -0.05) is 6.07 Å². The lowest BCUT2D eigenvalue weighted by molar-refractivity contribution is -0.382. The number of nitrogen functional groups attached to an aromatic ring is 1.